The first-order valence-electron chi connectivity index (χ1n) is 10.5. The van der Waals surface area contributed by atoms with E-state index in [1.807, 2.05) is 30.0 Å². The van der Waals surface area contributed by atoms with E-state index in [1.54, 1.807) is 0 Å². The lowest BCUT2D eigenvalue weighted by atomic mass is 9.96. The van der Waals surface area contributed by atoms with Crippen molar-refractivity contribution in [2.24, 2.45) is 0 Å². The van der Waals surface area contributed by atoms with Gasteiger partial charge in [-0.1, -0.05) is 17.7 Å². The van der Waals surface area contributed by atoms with E-state index >= 15 is 0 Å². The number of carbonyl (C=O) groups excluding carboxylic acids is 1. The summed E-state index contributed by atoms with van der Waals surface area (Å²) in [5.74, 6) is 0.839. The second-order valence-corrected chi connectivity index (χ2v) is 8.92. The summed E-state index contributed by atoms with van der Waals surface area (Å²) in [6.07, 6.45) is 5.54. The molecule has 2 saturated heterocycles. The number of aryl methyl sites for hydroxylation is 1. The van der Waals surface area contributed by atoms with Crippen molar-refractivity contribution in [2.45, 2.75) is 64.0 Å². The van der Waals surface area contributed by atoms with Crippen LogP contribution in [0.1, 0.15) is 51.0 Å². The fourth-order valence-electron chi connectivity index (χ4n) is 4.22. The zero-order chi connectivity index (χ0) is 20.1. The number of piperidine rings is 1. The van der Waals surface area contributed by atoms with E-state index < -0.39 is 5.60 Å². The van der Waals surface area contributed by atoms with Crippen molar-refractivity contribution >= 4 is 17.5 Å². The van der Waals surface area contributed by atoms with Gasteiger partial charge >= 0.3 is 0 Å². The highest BCUT2D eigenvalue weighted by molar-refractivity contribution is 6.32. The number of hydrogen-bond acceptors (Lipinski definition) is 4. The van der Waals surface area contributed by atoms with Crippen LogP contribution in [0, 0.1) is 6.92 Å². The Bertz CT molecular complexity index is 684. The molecule has 2 aliphatic heterocycles. The molecule has 2 atom stereocenters. The maximum absolute atomic E-state index is 12.7. The van der Waals surface area contributed by atoms with Gasteiger partial charge in [0.05, 0.1) is 17.2 Å². The van der Waals surface area contributed by atoms with Crippen molar-refractivity contribution < 1.29 is 14.6 Å². The molecule has 2 aliphatic rings. The molecule has 28 heavy (non-hydrogen) atoms. The fraction of sp³-hybridized carbons (Fsp3) is 0.682. The Balaban J connectivity index is 1.52. The van der Waals surface area contributed by atoms with Crippen LogP contribution in [-0.4, -0.2) is 65.2 Å². The lowest BCUT2D eigenvalue weighted by Gasteiger charge is -2.35. The zero-order valence-electron chi connectivity index (χ0n) is 17.1. The average molecular weight is 409 g/mol. The molecule has 1 aromatic carbocycles. The molecular formula is C22H33ClN2O3. The first-order chi connectivity index (χ1) is 13.4. The van der Waals surface area contributed by atoms with Crippen LogP contribution >= 0.6 is 11.6 Å². The molecule has 1 N–H and O–H groups in total. The highest BCUT2D eigenvalue weighted by atomic mass is 35.5. The lowest BCUT2D eigenvalue weighted by Crippen LogP contribution is -2.47. The summed E-state index contributed by atoms with van der Waals surface area (Å²) < 4.78 is 5.87. The first-order valence-corrected chi connectivity index (χ1v) is 10.9. The van der Waals surface area contributed by atoms with E-state index in [4.69, 9.17) is 16.3 Å². The summed E-state index contributed by atoms with van der Waals surface area (Å²) >= 11 is 6.20. The molecule has 0 radical (unpaired) electrons. The molecule has 6 heteroatoms. The predicted octanol–water partition coefficient (Wildman–Crippen LogP) is 3.65. The topological polar surface area (TPSA) is 53.0 Å². The molecule has 0 saturated carbocycles. The van der Waals surface area contributed by atoms with Gasteiger partial charge in [0, 0.05) is 19.1 Å². The second-order valence-electron chi connectivity index (χ2n) is 8.51. The molecule has 0 bridgehead atoms. The molecule has 2 unspecified atom stereocenters. The molecule has 2 fully saturated rings. The summed E-state index contributed by atoms with van der Waals surface area (Å²) in [7, 11) is 0. The summed E-state index contributed by atoms with van der Waals surface area (Å²) in [6.45, 7) is 7.22. The van der Waals surface area contributed by atoms with E-state index in [-0.39, 0.29) is 12.5 Å². The van der Waals surface area contributed by atoms with Crippen molar-refractivity contribution in [2.75, 3.05) is 32.8 Å². The van der Waals surface area contributed by atoms with Crippen LogP contribution in [0.15, 0.2) is 18.2 Å². The van der Waals surface area contributed by atoms with E-state index in [2.05, 4.69) is 11.8 Å². The minimum atomic E-state index is -0.886. The van der Waals surface area contributed by atoms with Crippen LogP contribution in [-0.2, 0) is 4.79 Å². The summed E-state index contributed by atoms with van der Waals surface area (Å²) in [6, 6.07) is 6.00. The third kappa shape index (κ3) is 5.62. The predicted molar refractivity (Wildman–Crippen MR) is 112 cm³/mol. The Morgan fingerprint density at radius 2 is 2.07 bits per heavy atom. The Labute approximate surface area is 173 Å². The van der Waals surface area contributed by atoms with Gasteiger partial charge in [-0.05, 0) is 76.6 Å². The van der Waals surface area contributed by atoms with Gasteiger partial charge in [0.2, 0.25) is 5.91 Å². The summed E-state index contributed by atoms with van der Waals surface area (Å²) in [5.41, 5.74) is 0.187. The van der Waals surface area contributed by atoms with Crippen LogP contribution in [0.4, 0.5) is 0 Å². The first kappa shape index (κ1) is 21.4. The Kier molecular flexibility index (Phi) is 7.24. The Hall–Kier alpha value is -1.30. The number of benzene rings is 1. The van der Waals surface area contributed by atoms with E-state index in [9.17, 15) is 9.90 Å². The van der Waals surface area contributed by atoms with E-state index in [0.717, 1.165) is 37.9 Å². The van der Waals surface area contributed by atoms with Gasteiger partial charge in [-0.2, -0.15) is 0 Å². The Morgan fingerprint density at radius 1 is 1.25 bits per heavy atom. The van der Waals surface area contributed by atoms with Crippen LogP contribution < -0.4 is 4.74 Å². The minimum Gasteiger partial charge on any atom is -0.489 e. The van der Waals surface area contributed by atoms with Crippen molar-refractivity contribution in [1.29, 1.82) is 0 Å². The van der Waals surface area contributed by atoms with Gasteiger partial charge < -0.3 is 14.7 Å². The third-order valence-corrected chi connectivity index (χ3v) is 6.39. The molecule has 0 aromatic heterocycles. The summed E-state index contributed by atoms with van der Waals surface area (Å²) in [4.78, 5) is 16.9. The van der Waals surface area contributed by atoms with Crippen molar-refractivity contribution in [1.82, 2.24) is 9.80 Å². The van der Waals surface area contributed by atoms with Crippen molar-refractivity contribution in [3.8, 4) is 5.75 Å². The largest absolute Gasteiger partial charge is 0.489 e. The highest BCUT2D eigenvalue weighted by Crippen LogP contribution is 2.29. The van der Waals surface area contributed by atoms with Gasteiger partial charge in [0.25, 0.3) is 0 Å². The molecule has 0 aliphatic carbocycles. The van der Waals surface area contributed by atoms with Gasteiger partial charge in [0.15, 0.2) is 0 Å². The molecular weight excluding hydrogens is 376 g/mol. The monoisotopic (exact) mass is 408 g/mol. The maximum Gasteiger partial charge on any atom is 0.236 e. The minimum absolute atomic E-state index is 0.223. The molecule has 5 nitrogen and oxygen atoms in total. The van der Waals surface area contributed by atoms with Gasteiger partial charge in [-0.15, -0.1) is 0 Å². The normalized spacial score (nSPS) is 26.7. The van der Waals surface area contributed by atoms with E-state index in [0.29, 0.717) is 42.7 Å². The lowest BCUT2D eigenvalue weighted by molar-refractivity contribution is -0.135. The molecule has 3 rings (SSSR count). The molecule has 2 heterocycles. The highest BCUT2D eigenvalue weighted by Gasteiger charge is 2.33. The van der Waals surface area contributed by atoms with Crippen molar-refractivity contribution in [3.05, 3.63) is 28.8 Å². The van der Waals surface area contributed by atoms with Crippen LogP contribution in [0.3, 0.4) is 0 Å². The maximum atomic E-state index is 12.7. The Morgan fingerprint density at radius 3 is 2.86 bits per heavy atom. The molecule has 1 aromatic rings. The fourth-order valence-corrected chi connectivity index (χ4v) is 4.39. The van der Waals surface area contributed by atoms with Crippen LogP contribution in [0.25, 0.3) is 0 Å². The van der Waals surface area contributed by atoms with E-state index in [1.165, 1.54) is 6.42 Å². The van der Waals surface area contributed by atoms with Crippen LogP contribution in [0.5, 0.6) is 5.75 Å². The van der Waals surface area contributed by atoms with Gasteiger partial charge in [-0.25, -0.2) is 0 Å². The number of rotatable bonds is 5. The standard InChI is InChI=1S/C22H33ClN2O3/c1-17-7-8-19(23)20(14-17)28-16-22(27)9-5-11-24(13-10-22)15-21(26)25-12-4-3-6-18(25)2/h7-8,14,18,27H,3-6,9-13,15-16H2,1-2H3. The van der Waals surface area contributed by atoms with Gasteiger partial charge in [0.1, 0.15) is 12.4 Å². The number of hydrogen-bond donors (Lipinski definition) is 1. The smallest absolute Gasteiger partial charge is 0.236 e. The average Bonchev–Trinajstić information content (AvgIpc) is 2.85. The molecule has 1 amide bonds. The number of aliphatic hydroxyl groups is 1. The number of ether oxygens (including phenoxy) is 1. The number of nitrogens with zero attached hydrogens (tertiary/aromatic N) is 2. The number of amides is 1. The third-order valence-electron chi connectivity index (χ3n) is 6.08. The van der Waals surface area contributed by atoms with Crippen LogP contribution in [0.2, 0.25) is 5.02 Å². The van der Waals surface area contributed by atoms with Gasteiger partial charge in [-0.3, -0.25) is 9.69 Å². The summed E-state index contributed by atoms with van der Waals surface area (Å²) in [5, 5.41) is 11.6. The second kappa shape index (κ2) is 9.47. The number of halogens is 1. The SMILES string of the molecule is Cc1ccc(Cl)c(OCC2(O)CCCN(CC(=O)N3CCCCC3C)CC2)c1. The van der Waals surface area contributed by atoms with Crippen molar-refractivity contribution in [3.63, 3.8) is 0 Å². The number of carbonyl (C=O) groups is 1. The molecule has 156 valence electrons. The number of likely N-dealkylation sites (tertiary alicyclic amines) is 2. The zero-order valence-corrected chi connectivity index (χ0v) is 17.9. The quantitative estimate of drug-likeness (QED) is 0.808. The molecule has 0 spiro atoms.